The molecule has 0 aromatic heterocycles. The number of carbonyl (C=O) groups excluding carboxylic acids is 1. The largest absolute Gasteiger partial charge is 0.385 e. The second-order valence-electron chi connectivity index (χ2n) is 4.70. The van der Waals surface area contributed by atoms with Crippen molar-refractivity contribution < 1.29 is 4.79 Å². The third-order valence-electron chi connectivity index (χ3n) is 3.88. The topological polar surface area (TPSA) is 58.7 Å². The highest BCUT2D eigenvalue weighted by Gasteiger charge is 2.53. The monoisotopic (exact) mass is 317 g/mol. The Morgan fingerprint density at radius 1 is 1.58 bits per heavy atom. The summed E-state index contributed by atoms with van der Waals surface area (Å²) in [6, 6.07) is 5.59. The molecule has 1 aliphatic heterocycles. The molecule has 1 aliphatic carbocycles. The SMILES string of the molecule is C#CCN1C(=O)N=C(N)C12CCc1c(Br)cccc12. The van der Waals surface area contributed by atoms with Gasteiger partial charge in [0.1, 0.15) is 11.4 Å². The molecule has 4 nitrogen and oxygen atoms in total. The summed E-state index contributed by atoms with van der Waals surface area (Å²) >= 11 is 3.55. The first-order chi connectivity index (χ1) is 9.11. The minimum absolute atomic E-state index is 0.217. The van der Waals surface area contributed by atoms with Gasteiger partial charge < -0.3 is 5.73 Å². The van der Waals surface area contributed by atoms with Crippen molar-refractivity contribution in [3.05, 3.63) is 33.8 Å². The van der Waals surface area contributed by atoms with Crippen molar-refractivity contribution in [3.63, 3.8) is 0 Å². The van der Waals surface area contributed by atoms with Gasteiger partial charge in [-0.1, -0.05) is 34.0 Å². The zero-order valence-corrected chi connectivity index (χ0v) is 11.8. The van der Waals surface area contributed by atoms with Gasteiger partial charge in [-0.3, -0.25) is 4.90 Å². The van der Waals surface area contributed by atoms with E-state index in [0.29, 0.717) is 5.84 Å². The lowest BCUT2D eigenvalue weighted by Gasteiger charge is -2.34. The summed E-state index contributed by atoms with van der Waals surface area (Å²) in [4.78, 5) is 17.5. The highest BCUT2D eigenvalue weighted by Crippen LogP contribution is 2.46. The lowest BCUT2D eigenvalue weighted by atomic mass is 9.89. The van der Waals surface area contributed by atoms with E-state index in [4.69, 9.17) is 12.2 Å². The number of amides is 2. The molecule has 1 aromatic carbocycles. The number of fused-ring (bicyclic) bond motifs is 2. The fraction of sp³-hybridized carbons (Fsp3) is 0.286. The molecule has 2 amide bonds. The zero-order chi connectivity index (χ0) is 13.6. The molecule has 19 heavy (non-hydrogen) atoms. The van der Waals surface area contributed by atoms with Gasteiger partial charge in [-0.15, -0.1) is 6.42 Å². The third kappa shape index (κ3) is 1.47. The maximum Gasteiger partial charge on any atom is 0.347 e. The standard InChI is InChI=1S/C14H12BrN3O/c1-2-8-18-13(19)17-12(16)14(18)7-6-9-10(14)4-3-5-11(9)15/h1,3-5H,6-8H2,(H2,16,17,19). The molecule has 1 atom stereocenters. The molecule has 3 rings (SSSR count). The van der Waals surface area contributed by atoms with Crippen LogP contribution >= 0.6 is 15.9 Å². The van der Waals surface area contributed by atoms with Crippen LogP contribution in [0, 0.1) is 12.3 Å². The quantitative estimate of drug-likeness (QED) is 0.805. The van der Waals surface area contributed by atoms with Gasteiger partial charge in [-0.05, 0) is 30.0 Å². The van der Waals surface area contributed by atoms with Crippen molar-refractivity contribution >= 4 is 27.8 Å². The summed E-state index contributed by atoms with van der Waals surface area (Å²) in [7, 11) is 0. The number of rotatable bonds is 1. The normalized spacial score (nSPS) is 24.5. The lowest BCUT2D eigenvalue weighted by Crippen LogP contribution is -2.50. The van der Waals surface area contributed by atoms with Crippen molar-refractivity contribution in [1.29, 1.82) is 0 Å². The van der Waals surface area contributed by atoms with Crippen LogP contribution in [-0.2, 0) is 12.0 Å². The smallest absolute Gasteiger partial charge is 0.347 e. The first kappa shape index (κ1) is 12.2. The number of amidine groups is 1. The molecule has 96 valence electrons. The Balaban J connectivity index is 2.21. The van der Waals surface area contributed by atoms with E-state index in [2.05, 4.69) is 26.8 Å². The molecular weight excluding hydrogens is 306 g/mol. The number of hydrogen-bond donors (Lipinski definition) is 1. The van der Waals surface area contributed by atoms with Gasteiger partial charge in [-0.25, -0.2) is 4.79 Å². The molecule has 1 unspecified atom stereocenters. The Morgan fingerprint density at radius 2 is 2.37 bits per heavy atom. The first-order valence-corrected chi connectivity index (χ1v) is 6.78. The Bertz CT molecular complexity index is 647. The number of nitrogens with two attached hydrogens (primary N) is 1. The van der Waals surface area contributed by atoms with Crippen LogP contribution < -0.4 is 5.73 Å². The van der Waals surface area contributed by atoms with E-state index in [1.807, 2.05) is 18.2 Å². The van der Waals surface area contributed by atoms with Crippen molar-refractivity contribution in [2.24, 2.45) is 10.7 Å². The van der Waals surface area contributed by atoms with Crippen LogP contribution in [0.5, 0.6) is 0 Å². The van der Waals surface area contributed by atoms with Gasteiger partial charge in [0.15, 0.2) is 0 Å². The molecular formula is C14H12BrN3O. The fourth-order valence-corrected chi connectivity index (χ4v) is 3.60. The van der Waals surface area contributed by atoms with Crippen molar-refractivity contribution in [2.75, 3.05) is 6.54 Å². The number of carbonyl (C=O) groups is 1. The van der Waals surface area contributed by atoms with Crippen LogP contribution in [0.25, 0.3) is 0 Å². The highest BCUT2D eigenvalue weighted by molar-refractivity contribution is 9.10. The van der Waals surface area contributed by atoms with E-state index in [0.717, 1.165) is 22.9 Å². The Kier molecular flexibility index (Phi) is 2.64. The van der Waals surface area contributed by atoms with Gasteiger partial charge in [0.25, 0.3) is 0 Å². The zero-order valence-electron chi connectivity index (χ0n) is 10.2. The number of nitrogens with zero attached hydrogens (tertiary/aromatic N) is 2. The molecule has 0 radical (unpaired) electrons. The third-order valence-corrected chi connectivity index (χ3v) is 4.63. The summed E-state index contributed by atoms with van der Waals surface area (Å²) in [5, 5.41) is 0. The summed E-state index contributed by atoms with van der Waals surface area (Å²) in [5.41, 5.74) is 7.61. The maximum atomic E-state index is 12.0. The molecule has 1 aromatic rings. The average molecular weight is 318 g/mol. The van der Waals surface area contributed by atoms with Gasteiger partial charge in [0.05, 0.1) is 6.54 Å². The molecule has 2 N–H and O–H groups in total. The van der Waals surface area contributed by atoms with Gasteiger partial charge in [0, 0.05) is 4.47 Å². The molecule has 1 spiro atoms. The Morgan fingerprint density at radius 3 is 3.11 bits per heavy atom. The number of urea groups is 1. The predicted octanol–water partition coefficient (Wildman–Crippen LogP) is 2.02. The van der Waals surface area contributed by atoms with E-state index in [-0.39, 0.29) is 12.6 Å². The number of benzene rings is 1. The number of halogens is 1. The van der Waals surface area contributed by atoms with Crippen LogP contribution in [0.2, 0.25) is 0 Å². The van der Waals surface area contributed by atoms with Gasteiger partial charge >= 0.3 is 6.03 Å². The first-order valence-electron chi connectivity index (χ1n) is 5.99. The van der Waals surface area contributed by atoms with Crippen LogP contribution in [0.1, 0.15) is 17.5 Å². The van der Waals surface area contributed by atoms with Crippen LogP contribution in [0.4, 0.5) is 4.79 Å². The average Bonchev–Trinajstić information content (AvgIpc) is 2.87. The van der Waals surface area contributed by atoms with E-state index < -0.39 is 5.54 Å². The van der Waals surface area contributed by atoms with E-state index in [9.17, 15) is 4.79 Å². The number of terminal acetylenes is 1. The minimum atomic E-state index is -0.650. The van der Waals surface area contributed by atoms with Crippen molar-refractivity contribution in [1.82, 2.24) is 4.90 Å². The highest BCUT2D eigenvalue weighted by atomic mass is 79.9. The summed E-state index contributed by atoms with van der Waals surface area (Å²) in [6.45, 7) is 0.217. The van der Waals surface area contributed by atoms with E-state index in [1.165, 1.54) is 5.56 Å². The van der Waals surface area contributed by atoms with Crippen LogP contribution in [0.3, 0.4) is 0 Å². The second kappa shape index (κ2) is 4.10. The molecule has 0 bridgehead atoms. The molecule has 0 saturated heterocycles. The van der Waals surface area contributed by atoms with E-state index in [1.54, 1.807) is 4.90 Å². The molecule has 0 fully saturated rings. The fourth-order valence-electron chi connectivity index (χ4n) is 3.04. The second-order valence-corrected chi connectivity index (χ2v) is 5.55. The van der Waals surface area contributed by atoms with Crippen molar-refractivity contribution in [2.45, 2.75) is 18.4 Å². The van der Waals surface area contributed by atoms with Crippen molar-refractivity contribution in [3.8, 4) is 12.3 Å². The number of aliphatic imine (C=N–C) groups is 1. The Hall–Kier alpha value is -1.80. The summed E-state index contributed by atoms with van der Waals surface area (Å²) in [5.74, 6) is 2.87. The summed E-state index contributed by atoms with van der Waals surface area (Å²) in [6.07, 6.45) is 6.95. The predicted molar refractivity (Wildman–Crippen MR) is 76.7 cm³/mol. The minimum Gasteiger partial charge on any atom is -0.385 e. The molecule has 2 aliphatic rings. The van der Waals surface area contributed by atoms with Crippen LogP contribution in [-0.4, -0.2) is 23.3 Å². The van der Waals surface area contributed by atoms with E-state index >= 15 is 0 Å². The maximum absolute atomic E-state index is 12.0. The van der Waals surface area contributed by atoms with Gasteiger partial charge in [0.2, 0.25) is 0 Å². The summed E-state index contributed by atoms with van der Waals surface area (Å²) < 4.78 is 1.04. The number of hydrogen-bond acceptors (Lipinski definition) is 2. The lowest BCUT2D eigenvalue weighted by molar-refractivity contribution is 0.182. The van der Waals surface area contributed by atoms with Gasteiger partial charge in [-0.2, -0.15) is 4.99 Å². The molecule has 0 saturated carbocycles. The van der Waals surface area contributed by atoms with Crippen LogP contribution in [0.15, 0.2) is 27.7 Å². The molecule has 1 heterocycles. The Labute approximate surface area is 119 Å². The molecule has 5 heteroatoms.